The van der Waals surface area contributed by atoms with Crippen LogP contribution in [0.2, 0.25) is 0 Å². The van der Waals surface area contributed by atoms with Gasteiger partial charge in [-0.25, -0.2) is 13.6 Å². The Hall–Kier alpha value is -2.64. The summed E-state index contributed by atoms with van der Waals surface area (Å²) in [6.07, 6.45) is 0.447. The number of carboxylic acids is 1. The van der Waals surface area contributed by atoms with Crippen molar-refractivity contribution < 1.29 is 28.2 Å². The van der Waals surface area contributed by atoms with Crippen LogP contribution in [0.15, 0.2) is 18.2 Å². The first-order valence-corrected chi connectivity index (χ1v) is 9.33. The Morgan fingerprint density at radius 2 is 2.00 bits per heavy atom. The number of ether oxygens (including phenoxy) is 1. The van der Waals surface area contributed by atoms with Crippen molar-refractivity contribution in [2.75, 3.05) is 7.11 Å². The Kier molecular flexibility index (Phi) is 5.86. The van der Waals surface area contributed by atoms with Gasteiger partial charge in [0, 0.05) is 29.1 Å². The molecule has 2 aromatic rings. The van der Waals surface area contributed by atoms with Crippen LogP contribution in [-0.2, 0) is 4.79 Å². The molecule has 1 saturated carbocycles. The molecular weight excluding hydrogens is 370 g/mol. The Labute approximate surface area is 161 Å². The zero-order valence-electron chi connectivity index (χ0n) is 15.9. The highest BCUT2D eigenvalue weighted by molar-refractivity contribution is 6.09. The summed E-state index contributed by atoms with van der Waals surface area (Å²) >= 11 is 0. The molecule has 8 heteroatoms. The average molecular weight is 394 g/mol. The van der Waals surface area contributed by atoms with Gasteiger partial charge in [0.05, 0.1) is 12.7 Å². The Morgan fingerprint density at radius 3 is 2.57 bits per heavy atom. The highest BCUT2D eigenvalue weighted by Crippen LogP contribution is 2.38. The lowest BCUT2D eigenvalue weighted by Gasteiger charge is -2.17. The van der Waals surface area contributed by atoms with Crippen LogP contribution >= 0.6 is 0 Å². The lowest BCUT2D eigenvalue weighted by Crippen LogP contribution is -2.42. The number of carbonyl (C=O) groups excluding carboxylic acids is 1. The smallest absolute Gasteiger partial charge is 0.326 e. The molecule has 0 saturated heterocycles. The number of methoxy groups -OCH3 is 1. The van der Waals surface area contributed by atoms with E-state index in [1.54, 1.807) is 6.07 Å². The number of nitrogens with zero attached hydrogens (tertiary/aromatic N) is 1. The third-order valence-corrected chi connectivity index (χ3v) is 5.39. The second-order valence-corrected chi connectivity index (χ2v) is 7.14. The summed E-state index contributed by atoms with van der Waals surface area (Å²) in [7, 11) is 1.52. The van der Waals surface area contributed by atoms with Gasteiger partial charge < -0.3 is 19.7 Å². The molecule has 1 aromatic heterocycles. The number of aromatic nitrogens is 1. The maximum absolute atomic E-state index is 12.9. The van der Waals surface area contributed by atoms with Gasteiger partial charge in [0.1, 0.15) is 11.8 Å². The molecule has 1 amide bonds. The molecule has 3 rings (SSSR count). The maximum atomic E-state index is 12.9. The lowest BCUT2D eigenvalue weighted by molar-refractivity contribution is -0.140. The van der Waals surface area contributed by atoms with E-state index in [0.29, 0.717) is 22.4 Å². The molecular formula is C20H24F2N2O4. The van der Waals surface area contributed by atoms with E-state index >= 15 is 0 Å². The zero-order chi connectivity index (χ0) is 20.4. The van der Waals surface area contributed by atoms with E-state index in [-0.39, 0.29) is 6.04 Å². The normalized spacial score (nSPS) is 15.9. The summed E-state index contributed by atoms with van der Waals surface area (Å²) < 4.78 is 32.8. The van der Waals surface area contributed by atoms with Gasteiger partial charge in [-0.3, -0.25) is 4.79 Å². The summed E-state index contributed by atoms with van der Waals surface area (Å²) in [5.74, 6) is -1.59. The molecule has 152 valence electrons. The number of alkyl halides is 2. The van der Waals surface area contributed by atoms with Crippen molar-refractivity contribution in [3.63, 3.8) is 0 Å². The highest BCUT2D eigenvalue weighted by Gasteiger charge is 2.30. The molecule has 1 aromatic carbocycles. The van der Waals surface area contributed by atoms with Crippen LogP contribution in [0.5, 0.6) is 5.75 Å². The molecule has 1 aliphatic rings. The summed E-state index contributed by atoms with van der Waals surface area (Å²) in [5.41, 5.74) is 1.87. The molecule has 0 bridgehead atoms. The number of rotatable bonds is 7. The van der Waals surface area contributed by atoms with E-state index in [1.165, 1.54) is 7.11 Å². The second-order valence-electron chi connectivity index (χ2n) is 7.14. The molecule has 0 spiro atoms. The van der Waals surface area contributed by atoms with Crippen molar-refractivity contribution in [2.24, 2.45) is 0 Å². The number of carbonyl (C=O) groups is 2. The molecule has 1 fully saturated rings. The number of halogens is 2. The van der Waals surface area contributed by atoms with Crippen molar-refractivity contribution >= 4 is 22.8 Å². The van der Waals surface area contributed by atoms with Gasteiger partial charge in [0.25, 0.3) is 5.91 Å². The van der Waals surface area contributed by atoms with Gasteiger partial charge in [-0.1, -0.05) is 12.8 Å². The van der Waals surface area contributed by atoms with Crippen molar-refractivity contribution in [1.82, 2.24) is 9.88 Å². The van der Waals surface area contributed by atoms with Gasteiger partial charge in [0.15, 0.2) is 0 Å². The third kappa shape index (κ3) is 3.81. The minimum absolute atomic E-state index is 0.258. The second kappa shape index (κ2) is 8.16. The molecule has 0 aliphatic heterocycles. The van der Waals surface area contributed by atoms with Crippen molar-refractivity contribution in [1.29, 1.82) is 0 Å². The van der Waals surface area contributed by atoms with Crippen LogP contribution in [0.25, 0.3) is 10.9 Å². The highest BCUT2D eigenvalue weighted by atomic mass is 19.3. The van der Waals surface area contributed by atoms with Gasteiger partial charge in [-0.15, -0.1) is 0 Å². The molecule has 1 unspecified atom stereocenters. The Balaban J connectivity index is 2.06. The fourth-order valence-electron chi connectivity index (χ4n) is 4.10. The first-order chi connectivity index (χ1) is 13.3. The number of nitrogens with one attached hydrogen (secondary N) is 1. The fourth-order valence-corrected chi connectivity index (χ4v) is 4.10. The van der Waals surface area contributed by atoms with Crippen LogP contribution in [-0.4, -0.2) is 41.1 Å². The number of benzene rings is 1. The third-order valence-electron chi connectivity index (χ3n) is 5.39. The summed E-state index contributed by atoms with van der Waals surface area (Å²) in [4.78, 5) is 24.2. The number of aliphatic carboxylic acids is 1. The SMILES string of the molecule is COc1ccc2c(c1)c(C(=O)NC(CC(F)F)C(=O)O)c(C)n2C1CCCC1. The standard InChI is InChI=1S/C20H24F2N2O4/c1-11-18(19(25)23-15(20(26)27)10-17(21)22)14-9-13(28-2)7-8-16(14)24(11)12-5-3-4-6-12/h7-9,12,15,17H,3-6,10H2,1-2H3,(H,23,25)(H,26,27). The van der Waals surface area contributed by atoms with E-state index < -0.39 is 30.8 Å². The predicted molar refractivity (Wildman–Crippen MR) is 100 cm³/mol. The molecule has 1 heterocycles. The number of hydrogen-bond donors (Lipinski definition) is 2. The monoisotopic (exact) mass is 394 g/mol. The summed E-state index contributed by atoms with van der Waals surface area (Å²) in [6, 6.07) is 4.03. The largest absolute Gasteiger partial charge is 0.497 e. The molecule has 6 nitrogen and oxygen atoms in total. The molecule has 28 heavy (non-hydrogen) atoms. The van der Waals surface area contributed by atoms with Crippen LogP contribution in [0, 0.1) is 6.92 Å². The van der Waals surface area contributed by atoms with Gasteiger partial charge in [0.2, 0.25) is 6.43 Å². The molecule has 0 radical (unpaired) electrons. The summed E-state index contributed by atoms with van der Waals surface area (Å²) in [6.45, 7) is 1.81. The van der Waals surface area contributed by atoms with E-state index in [2.05, 4.69) is 9.88 Å². The van der Waals surface area contributed by atoms with Crippen LogP contribution in [0.3, 0.4) is 0 Å². The molecule has 1 atom stereocenters. The van der Waals surface area contributed by atoms with E-state index in [1.807, 2.05) is 19.1 Å². The minimum Gasteiger partial charge on any atom is -0.497 e. The Bertz CT molecular complexity index is 888. The average Bonchev–Trinajstić information content (AvgIpc) is 3.25. The van der Waals surface area contributed by atoms with Crippen molar-refractivity contribution in [3.05, 3.63) is 29.5 Å². The van der Waals surface area contributed by atoms with Crippen LogP contribution < -0.4 is 10.1 Å². The first kappa shape index (κ1) is 20.1. The topological polar surface area (TPSA) is 80.6 Å². The number of amides is 1. The van der Waals surface area contributed by atoms with E-state index in [4.69, 9.17) is 4.74 Å². The zero-order valence-corrected chi connectivity index (χ0v) is 15.9. The predicted octanol–water partition coefficient (Wildman–Crippen LogP) is 3.91. The van der Waals surface area contributed by atoms with Crippen molar-refractivity contribution in [3.8, 4) is 5.75 Å². The molecule has 1 aliphatic carbocycles. The van der Waals surface area contributed by atoms with Crippen molar-refractivity contribution in [2.45, 2.75) is 57.5 Å². The fraction of sp³-hybridized carbons (Fsp3) is 0.500. The van der Waals surface area contributed by atoms with Crippen LogP contribution in [0.4, 0.5) is 8.78 Å². The van der Waals surface area contributed by atoms with E-state index in [9.17, 15) is 23.5 Å². The first-order valence-electron chi connectivity index (χ1n) is 9.33. The quantitative estimate of drug-likeness (QED) is 0.746. The maximum Gasteiger partial charge on any atom is 0.326 e. The molecule has 2 N–H and O–H groups in total. The lowest BCUT2D eigenvalue weighted by atomic mass is 10.1. The van der Waals surface area contributed by atoms with E-state index in [0.717, 1.165) is 31.2 Å². The van der Waals surface area contributed by atoms with Crippen LogP contribution in [0.1, 0.15) is 54.2 Å². The Morgan fingerprint density at radius 1 is 1.32 bits per heavy atom. The minimum atomic E-state index is -2.83. The number of carboxylic acid groups (broad SMARTS) is 1. The van der Waals surface area contributed by atoms with Gasteiger partial charge in [-0.2, -0.15) is 0 Å². The number of hydrogen-bond acceptors (Lipinski definition) is 3. The number of fused-ring (bicyclic) bond motifs is 1. The van der Waals surface area contributed by atoms with Gasteiger partial charge in [-0.05, 0) is 38.0 Å². The summed E-state index contributed by atoms with van der Waals surface area (Å²) in [5, 5.41) is 12.1. The van der Waals surface area contributed by atoms with Gasteiger partial charge >= 0.3 is 5.97 Å².